The van der Waals surface area contributed by atoms with Gasteiger partial charge in [-0.2, -0.15) is 0 Å². The average molecular weight is 142 g/mol. The van der Waals surface area contributed by atoms with E-state index in [9.17, 15) is 0 Å². The number of hydrogen-bond donors (Lipinski definition) is 1. The number of nitrogens with zero attached hydrogens (tertiary/aromatic N) is 1. The molecular weight excluding hydrogens is 124 g/mol. The van der Waals surface area contributed by atoms with Crippen LogP contribution in [0.3, 0.4) is 0 Å². The summed E-state index contributed by atoms with van der Waals surface area (Å²) in [5.41, 5.74) is 5.91. The van der Waals surface area contributed by atoms with Crippen molar-refractivity contribution in [3.8, 4) is 0 Å². The monoisotopic (exact) mass is 142 g/mol. The lowest BCUT2D eigenvalue weighted by atomic mass is 10.0. The minimum Gasteiger partial charge on any atom is -0.326 e. The van der Waals surface area contributed by atoms with Crippen molar-refractivity contribution >= 4 is 0 Å². The lowest BCUT2D eigenvalue weighted by molar-refractivity contribution is 0.340. The van der Waals surface area contributed by atoms with Crippen LogP contribution in [0, 0.1) is 5.92 Å². The van der Waals surface area contributed by atoms with Crippen molar-refractivity contribution in [3.63, 3.8) is 0 Å². The third-order valence-corrected chi connectivity index (χ3v) is 2.54. The molecule has 60 valence electrons. The van der Waals surface area contributed by atoms with Gasteiger partial charge in [0.05, 0.1) is 0 Å². The second-order valence-corrected chi connectivity index (χ2v) is 3.18. The molecule has 2 nitrogen and oxygen atoms in total. The van der Waals surface area contributed by atoms with Gasteiger partial charge in [0.1, 0.15) is 0 Å². The fraction of sp³-hybridized carbons (Fsp3) is 1.00. The van der Waals surface area contributed by atoms with Gasteiger partial charge in [-0.1, -0.05) is 20.3 Å². The van der Waals surface area contributed by atoms with Crippen LogP contribution in [0.15, 0.2) is 0 Å². The summed E-state index contributed by atoms with van der Waals surface area (Å²) >= 11 is 0. The van der Waals surface area contributed by atoms with Gasteiger partial charge >= 0.3 is 0 Å². The molecule has 0 bridgehead atoms. The Balaban J connectivity index is 2.36. The standard InChI is InChI=1S/C8H18N2/c1-3-7-5-10(4-2)6-8(7)9/h7-8H,3-6,9H2,1-2H3/t7-,8-/m0/s1. The zero-order chi connectivity index (χ0) is 7.56. The Labute approximate surface area is 63.4 Å². The summed E-state index contributed by atoms with van der Waals surface area (Å²) < 4.78 is 0. The van der Waals surface area contributed by atoms with Gasteiger partial charge in [0.25, 0.3) is 0 Å². The van der Waals surface area contributed by atoms with E-state index in [4.69, 9.17) is 5.73 Å². The van der Waals surface area contributed by atoms with E-state index in [1.807, 2.05) is 0 Å². The number of nitrogens with two attached hydrogens (primary N) is 1. The largest absolute Gasteiger partial charge is 0.326 e. The highest BCUT2D eigenvalue weighted by atomic mass is 15.2. The van der Waals surface area contributed by atoms with E-state index in [1.54, 1.807) is 0 Å². The van der Waals surface area contributed by atoms with E-state index in [2.05, 4.69) is 18.7 Å². The maximum Gasteiger partial charge on any atom is 0.0208 e. The normalized spacial score (nSPS) is 35.1. The fourth-order valence-electron chi connectivity index (χ4n) is 1.68. The summed E-state index contributed by atoms with van der Waals surface area (Å²) in [7, 11) is 0. The molecule has 1 heterocycles. The molecule has 0 radical (unpaired) electrons. The van der Waals surface area contributed by atoms with Crippen LogP contribution in [0.1, 0.15) is 20.3 Å². The van der Waals surface area contributed by atoms with Crippen LogP contribution in [0.4, 0.5) is 0 Å². The molecule has 2 heteroatoms. The zero-order valence-corrected chi connectivity index (χ0v) is 7.01. The number of hydrogen-bond acceptors (Lipinski definition) is 2. The van der Waals surface area contributed by atoms with Gasteiger partial charge in [-0.05, 0) is 12.5 Å². The van der Waals surface area contributed by atoms with Gasteiger partial charge in [0.2, 0.25) is 0 Å². The molecule has 0 aromatic heterocycles. The molecule has 0 spiro atoms. The maximum atomic E-state index is 5.91. The Bertz CT molecular complexity index is 103. The summed E-state index contributed by atoms with van der Waals surface area (Å²) in [6.07, 6.45) is 1.23. The van der Waals surface area contributed by atoms with Gasteiger partial charge in [-0.25, -0.2) is 0 Å². The summed E-state index contributed by atoms with van der Waals surface area (Å²) in [6.45, 7) is 7.90. The van der Waals surface area contributed by atoms with Crippen LogP contribution in [-0.4, -0.2) is 30.6 Å². The van der Waals surface area contributed by atoms with Gasteiger partial charge in [0.15, 0.2) is 0 Å². The fourth-order valence-corrected chi connectivity index (χ4v) is 1.68. The molecule has 10 heavy (non-hydrogen) atoms. The summed E-state index contributed by atoms with van der Waals surface area (Å²) in [4.78, 5) is 2.43. The van der Waals surface area contributed by atoms with Crippen LogP contribution in [0.5, 0.6) is 0 Å². The predicted octanol–water partition coefficient (Wildman–Crippen LogP) is 0.675. The Morgan fingerprint density at radius 1 is 1.40 bits per heavy atom. The first kappa shape index (κ1) is 8.02. The summed E-state index contributed by atoms with van der Waals surface area (Å²) in [6, 6.07) is 0.435. The number of rotatable bonds is 2. The van der Waals surface area contributed by atoms with Crippen LogP contribution in [0.25, 0.3) is 0 Å². The van der Waals surface area contributed by atoms with Crippen molar-refractivity contribution < 1.29 is 0 Å². The molecule has 2 atom stereocenters. The van der Waals surface area contributed by atoms with Crippen LogP contribution < -0.4 is 5.73 Å². The third kappa shape index (κ3) is 1.50. The molecule has 0 aromatic rings. The van der Waals surface area contributed by atoms with E-state index in [-0.39, 0.29) is 0 Å². The predicted molar refractivity (Wildman–Crippen MR) is 43.9 cm³/mol. The highest BCUT2D eigenvalue weighted by molar-refractivity contribution is 4.84. The summed E-state index contributed by atoms with van der Waals surface area (Å²) in [5.74, 6) is 0.750. The van der Waals surface area contributed by atoms with E-state index >= 15 is 0 Å². The molecule has 1 fully saturated rings. The Kier molecular flexibility index (Phi) is 2.69. The first-order valence-electron chi connectivity index (χ1n) is 4.25. The molecule has 0 saturated carbocycles. The van der Waals surface area contributed by atoms with Crippen molar-refractivity contribution in [3.05, 3.63) is 0 Å². The highest BCUT2D eigenvalue weighted by Gasteiger charge is 2.26. The maximum absolute atomic E-state index is 5.91. The van der Waals surface area contributed by atoms with Crippen molar-refractivity contribution in [1.29, 1.82) is 0 Å². The number of likely N-dealkylation sites (N-methyl/N-ethyl adjacent to an activating group) is 1. The quantitative estimate of drug-likeness (QED) is 0.614. The van der Waals surface area contributed by atoms with E-state index in [0.29, 0.717) is 6.04 Å². The molecule has 0 aliphatic carbocycles. The van der Waals surface area contributed by atoms with Crippen molar-refractivity contribution in [2.75, 3.05) is 19.6 Å². The number of likely N-dealkylation sites (tertiary alicyclic amines) is 1. The topological polar surface area (TPSA) is 29.3 Å². The van der Waals surface area contributed by atoms with Gasteiger partial charge in [-0.15, -0.1) is 0 Å². The summed E-state index contributed by atoms with van der Waals surface area (Å²) in [5, 5.41) is 0. The molecule has 0 unspecified atom stereocenters. The average Bonchev–Trinajstić information content (AvgIpc) is 2.30. The molecule has 0 amide bonds. The molecule has 1 saturated heterocycles. The van der Waals surface area contributed by atoms with Crippen LogP contribution in [0.2, 0.25) is 0 Å². The highest BCUT2D eigenvalue weighted by Crippen LogP contribution is 2.17. The smallest absolute Gasteiger partial charge is 0.0208 e. The zero-order valence-electron chi connectivity index (χ0n) is 7.01. The lowest BCUT2D eigenvalue weighted by Crippen LogP contribution is -2.29. The van der Waals surface area contributed by atoms with Crippen molar-refractivity contribution in [1.82, 2.24) is 4.90 Å². The minimum absolute atomic E-state index is 0.435. The van der Waals surface area contributed by atoms with E-state index in [1.165, 1.54) is 13.0 Å². The SMILES string of the molecule is CC[C@H]1CN(CC)C[C@@H]1N. The molecular formula is C8H18N2. The lowest BCUT2D eigenvalue weighted by Gasteiger charge is -2.10. The van der Waals surface area contributed by atoms with E-state index in [0.717, 1.165) is 19.0 Å². The van der Waals surface area contributed by atoms with E-state index < -0.39 is 0 Å². The van der Waals surface area contributed by atoms with Gasteiger partial charge in [-0.3, -0.25) is 0 Å². The van der Waals surface area contributed by atoms with Crippen molar-refractivity contribution in [2.24, 2.45) is 11.7 Å². The Morgan fingerprint density at radius 3 is 2.40 bits per heavy atom. The minimum atomic E-state index is 0.435. The Hall–Kier alpha value is -0.0800. The first-order valence-corrected chi connectivity index (χ1v) is 4.25. The van der Waals surface area contributed by atoms with Crippen LogP contribution in [-0.2, 0) is 0 Å². The van der Waals surface area contributed by atoms with Gasteiger partial charge in [0, 0.05) is 19.1 Å². The molecule has 2 N–H and O–H groups in total. The second kappa shape index (κ2) is 3.35. The third-order valence-electron chi connectivity index (χ3n) is 2.54. The van der Waals surface area contributed by atoms with Crippen molar-refractivity contribution in [2.45, 2.75) is 26.3 Å². The first-order chi connectivity index (χ1) is 4.77. The Morgan fingerprint density at radius 2 is 2.10 bits per heavy atom. The van der Waals surface area contributed by atoms with Gasteiger partial charge < -0.3 is 10.6 Å². The second-order valence-electron chi connectivity index (χ2n) is 3.18. The molecule has 1 rings (SSSR count). The van der Waals surface area contributed by atoms with Crippen LogP contribution >= 0.6 is 0 Å². The molecule has 0 aromatic carbocycles. The molecule has 1 aliphatic rings. The molecule has 1 aliphatic heterocycles.